The minimum absolute atomic E-state index is 0.175. The highest BCUT2D eigenvalue weighted by Crippen LogP contribution is 2.21. The van der Waals surface area contributed by atoms with Crippen LogP contribution in [0.5, 0.6) is 0 Å². The molecule has 1 saturated heterocycles. The molecule has 2 aliphatic heterocycles. The third-order valence-electron chi connectivity index (χ3n) is 4.46. The van der Waals surface area contributed by atoms with Crippen molar-refractivity contribution in [2.75, 3.05) is 19.6 Å². The molecule has 4 heteroatoms. The third-order valence-corrected chi connectivity index (χ3v) is 4.46. The van der Waals surface area contributed by atoms with Crippen LogP contribution in [0.15, 0.2) is 24.3 Å². The first-order valence-electron chi connectivity index (χ1n) is 7.83. The highest BCUT2D eigenvalue weighted by Gasteiger charge is 2.34. The van der Waals surface area contributed by atoms with Gasteiger partial charge in [0, 0.05) is 6.04 Å². The van der Waals surface area contributed by atoms with E-state index >= 15 is 0 Å². The van der Waals surface area contributed by atoms with Crippen molar-refractivity contribution in [2.24, 2.45) is 0 Å². The fraction of sp³-hybridized carbons (Fsp3) is 0.444. The topological polar surface area (TPSA) is 40.6 Å². The molecule has 0 radical (unpaired) electrons. The predicted octanol–water partition coefficient (Wildman–Crippen LogP) is 2.16. The molecule has 1 unspecified atom stereocenters. The van der Waals surface area contributed by atoms with Crippen molar-refractivity contribution in [2.45, 2.75) is 32.2 Å². The summed E-state index contributed by atoms with van der Waals surface area (Å²) in [7, 11) is 0. The molecule has 1 fully saturated rings. The van der Waals surface area contributed by atoms with Gasteiger partial charge in [-0.05, 0) is 38.4 Å². The maximum atomic E-state index is 12.2. The van der Waals surface area contributed by atoms with E-state index in [9.17, 15) is 9.59 Å². The lowest BCUT2D eigenvalue weighted by Gasteiger charge is -2.31. The molecule has 0 bridgehead atoms. The van der Waals surface area contributed by atoms with Gasteiger partial charge in [0.15, 0.2) is 0 Å². The Bertz CT molecular complexity index is 622. The van der Waals surface area contributed by atoms with Crippen molar-refractivity contribution < 1.29 is 9.59 Å². The number of piperidine rings is 1. The number of fused-ring (bicyclic) bond motifs is 1. The Morgan fingerprint density at radius 1 is 1.05 bits per heavy atom. The molecule has 2 aliphatic rings. The molecule has 114 valence electrons. The lowest BCUT2D eigenvalue weighted by atomic mass is 10.0. The number of likely N-dealkylation sites (tertiary alicyclic amines) is 1. The molecule has 4 nitrogen and oxygen atoms in total. The summed E-state index contributed by atoms with van der Waals surface area (Å²) >= 11 is 0. The van der Waals surface area contributed by atoms with Crippen LogP contribution >= 0.6 is 0 Å². The summed E-state index contributed by atoms with van der Waals surface area (Å²) in [6, 6.07) is 7.51. The normalized spacial score (nSPS) is 21.5. The molecule has 0 aromatic heterocycles. The van der Waals surface area contributed by atoms with Crippen molar-refractivity contribution >= 4 is 11.8 Å². The van der Waals surface area contributed by atoms with Crippen LogP contribution < -0.4 is 0 Å². The van der Waals surface area contributed by atoms with Crippen molar-refractivity contribution in [1.29, 1.82) is 0 Å². The number of carbonyl (C=O) groups excluding carboxylic acids is 2. The summed E-state index contributed by atoms with van der Waals surface area (Å²) in [5.74, 6) is 5.62. The summed E-state index contributed by atoms with van der Waals surface area (Å²) in [6.07, 6.45) is 3.74. The molecule has 3 rings (SSSR count). The van der Waals surface area contributed by atoms with E-state index in [-0.39, 0.29) is 18.4 Å². The lowest BCUT2D eigenvalue weighted by Crippen LogP contribution is -2.37. The van der Waals surface area contributed by atoms with E-state index in [0.717, 1.165) is 6.54 Å². The summed E-state index contributed by atoms with van der Waals surface area (Å²) < 4.78 is 0. The molecule has 22 heavy (non-hydrogen) atoms. The third kappa shape index (κ3) is 2.77. The lowest BCUT2D eigenvalue weighted by molar-refractivity contribution is 0.0675. The number of hydrogen-bond donors (Lipinski definition) is 0. The van der Waals surface area contributed by atoms with E-state index in [1.54, 1.807) is 24.3 Å². The maximum absolute atomic E-state index is 12.2. The number of amides is 2. The summed E-state index contributed by atoms with van der Waals surface area (Å²) in [6.45, 7) is 4.20. The first-order valence-corrected chi connectivity index (χ1v) is 7.83. The fourth-order valence-corrected chi connectivity index (χ4v) is 3.07. The molecule has 1 atom stereocenters. The van der Waals surface area contributed by atoms with Crippen LogP contribution in [0.2, 0.25) is 0 Å². The number of imide groups is 1. The van der Waals surface area contributed by atoms with E-state index < -0.39 is 0 Å². The Kier molecular flexibility index (Phi) is 4.26. The van der Waals surface area contributed by atoms with Gasteiger partial charge in [0.05, 0.1) is 24.2 Å². The second-order valence-electron chi connectivity index (χ2n) is 5.91. The van der Waals surface area contributed by atoms with Gasteiger partial charge in [0.25, 0.3) is 11.8 Å². The molecule has 0 spiro atoms. The number of rotatable bonds is 2. The van der Waals surface area contributed by atoms with Crippen LogP contribution in [0.4, 0.5) is 0 Å². The van der Waals surface area contributed by atoms with Gasteiger partial charge < -0.3 is 0 Å². The zero-order chi connectivity index (χ0) is 15.5. The van der Waals surface area contributed by atoms with Gasteiger partial charge >= 0.3 is 0 Å². The average Bonchev–Trinajstić information content (AvgIpc) is 2.78. The van der Waals surface area contributed by atoms with Gasteiger partial charge in [-0.25, -0.2) is 0 Å². The van der Waals surface area contributed by atoms with Gasteiger partial charge in [-0.3, -0.25) is 19.4 Å². The van der Waals surface area contributed by atoms with Crippen LogP contribution in [-0.4, -0.2) is 47.3 Å². The molecule has 1 aromatic carbocycles. The number of nitrogens with zero attached hydrogens (tertiary/aromatic N) is 2. The summed E-state index contributed by atoms with van der Waals surface area (Å²) in [5.41, 5.74) is 0.970. The van der Waals surface area contributed by atoms with Gasteiger partial charge in [-0.1, -0.05) is 30.4 Å². The van der Waals surface area contributed by atoms with Crippen LogP contribution in [0, 0.1) is 11.8 Å². The molecule has 0 N–H and O–H groups in total. The Balaban J connectivity index is 1.60. The van der Waals surface area contributed by atoms with Gasteiger partial charge in [0.2, 0.25) is 0 Å². The quantitative estimate of drug-likeness (QED) is 0.620. The minimum Gasteiger partial charge on any atom is -0.290 e. The molecule has 2 amide bonds. The Labute approximate surface area is 131 Å². The minimum atomic E-state index is -0.235. The Morgan fingerprint density at radius 3 is 2.32 bits per heavy atom. The van der Waals surface area contributed by atoms with Crippen molar-refractivity contribution in [3.05, 3.63) is 35.4 Å². The van der Waals surface area contributed by atoms with Crippen molar-refractivity contribution in [1.82, 2.24) is 9.80 Å². The highest BCUT2D eigenvalue weighted by molar-refractivity contribution is 6.21. The van der Waals surface area contributed by atoms with E-state index in [0.29, 0.717) is 23.7 Å². The smallest absolute Gasteiger partial charge is 0.262 e. The Morgan fingerprint density at radius 2 is 1.68 bits per heavy atom. The summed E-state index contributed by atoms with van der Waals surface area (Å²) in [5, 5.41) is 0. The molecule has 0 aliphatic carbocycles. The van der Waals surface area contributed by atoms with Crippen LogP contribution in [-0.2, 0) is 0 Å². The van der Waals surface area contributed by atoms with Crippen LogP contribution in [0.3, 0.4) is 0 Å². The van der Waals surface area contributed by atoms with Gasteiger partial charge in [-0.15, -0.1) is 0 Å². The highest BCUT2D eigenvalue weighted by atomic mass is 16.2. The first-order chi connectivity index (χ1) is 10.7. The summed E-state index contributed by atoms with van der Waals surface area (Å²) in [4.78, 5) is 28.0. The first kappa shape index (κ1) is 14.8. The second-order valence-corrected chi connectivity index (χ2v) is 5.91. The Hall–Kier alpha value is -2.12. The monoisotopic (exact) mass is 296 g/mol. The molecule has 1 aromatic rings. The molecular weight excluding hydrogens is 276 g/mol. The zero-order valence-corrected chi connectivity index (χ0v) is 12.8. The van der Waals surface area contributed by atoms with Crippen LogP contribution in [0.1, 0.15) is 46.9 Å². The number of hydrogen-bond acceptors (Lipinski definition) is 3. The van der Waals surface area contributed by atoms with Crippen LogP contribution in [0.25, 0.3) is 0 Å². The number of benzene rings is 1. The fourth-order valence-electron chi connectivity index (χ4n) is 3.07. The van der Waals surface area contributed by atoms with E-state index in [1.165, 1.54) is 24.2 Å². The van der Waals surface area contributed by atoms with E-state index in [2.05, 4.69) is 23.7 Å². The molecule has 2 heterocycles. The number of carbonyl (C=O) groups is 2. The largest absolute Gasteiger partial charge is 0.290 e. The van der Waals surface area contributed by atoms with Gasteiger partial charge in [0.1, 0.15) is 0 Å². The average molecular weight is 296 g/mol. The van der Waals surface area contributed by atoms with E-state index in [4.69, 9.17) is 0 Å². The SMILES string of the molecule is CC1CCCCN1CC#CCN1C(=O)c2ccccc2C1=O. The predicted molar refractivity (Wildman–Crippen MR) is 84.5 cm³/mol. The van der Waals surface area contributed by atoms with Crippen molar-refractivity contribution in [3.63, 3.8) is 0 Å². The standard InChI is InChI=1S/C18H20N2O2/c1-14-8-4-5-11-19(14)12-6-7-13-20-17(21)15-9-2-3-10-16(15)18(20)22/h2-3,9-10,14H,4-5,8,11-13H2,1H3. The van der Waals surface area contributed by atoms with E-state index in [1.807, 2.05) is 0 Å². The maximum Gasteiger partial charge on any atom is 0.262 e. The second kappa shape index (κ2) is 6.33. The van der Waals surface area contributed by atoms with Gasteiger partial charge in [-0.2, -0.15) is 0 Å². The molecule has 0 saturated carbocycles. The molecular formula is C18H20N2O2. The van der Waals surface area contributed by atoms with Crippen molar-refractivity contribution in [3.8, 4) is 11.8 Å². The zero-order valence-electron chi connectivity index (χ0n) is 12.8.